The van der Waals surface area contributed by atoms with Crippen molar-refractivity contribution in [2.45, 2.75) is 38.0 Å². The van der Waals surface area contributed by atoms with Gasteiger partial charge in [-0.25, -0.2) is 13.8 Å². The van der Waals surface area contributed by atoms with Crippen molar-refractivity contribution in [1.29, 1.82) is 0 Å². The molecule has 0 bridgehead atoms. The van der Waals surface area contributed by atoms with Gasteiger partial charge in [-0.3, -0.25) is 0 Å². The number of anilines is 2. The zero-order valence-corrected chi connectivity index (χ0v) is 11.5. The molecule has 0 unspecified atom stereocenters. The summed E-state index contributed by atoms with van der Waals surface area (Å²) in [5.74, 6) is -1.33. The van der Waals surface area contributed by atoms with E-state index in [1.807, 2.05) is 0 Å². The van der Waals surface area contributed by atoms with Crippen molar-refractivity contribution in [3.05, 3.63) is 11.3 Å². The van der Waals surface area contributed by atoms with Gasteiger partial charge >= 0.3 is 0 Å². The zero-order valence-electron chi connectivity index (χ0n) is 11.5. The number of aromatic nitrogens is 2. The molecule has 0 aromatic carbocycles. The summed E-state index contributed by atoms with van der Waals surface area (Å²) < 4.78 is 33.2. The molecule has 1 aliphatic carbocycles. The minimum Gasteiger partial charge on any atom is -0.455 e. The Bertz CT molecular complexity index is 707. The number of hydrogen-bond donors (Lipinski definition) is 1. The molecule has 21 heavy (non-hydrogen) atoms. The number of nitrogens with two attached hydrogens (primary N) is 1. The van der Waals surface area contributed by atoms with Crippen molar-refractivity contribution in [2.75, 3.05) is 23.7 Å². The lowest BCUT2D eigenvalue weighted by Gasteiger charge is -2.20. The smallest absolute Gasteiger partial charge is 0.252 e. The monoisotopic (exact) mass is 294 g/mol. The molecule has 4 rings (SSSR count). The molecule has 1 fully saturated rings. The van der Waals surface area contributed by atoms with Crippen LogP contribution in [-0.2, 0) is 12.8 Å². The third-order valence-corrected chi connectivity index (χ3v) is 4.27. The molecule has 7 heteroatoms. The van der Waals surface area contributed by atoms with Crippen LogP contribution < -0.4 is 10.6 Å². The molecule has 2 aromatic rings. The Morgan fingerprint density at radius 2 is 1.95 bits per heavy atom. The number of fused-ring (bicyclic) bond motifs is 3. The fourth-order valence-corrected chi connectivity index (χ4v) is 3.24. The predicted octanol–water partition coefficient (Wildman–Crippen LogP) is 2.53. The van der Waals surface area contributed by atoms with Gasteiger partial charge in [-0.2, -0.15) is 4.98 Å². The van der Waals surface area contributed by atoms with E-state index in [0.717, 1.165) is 25.9 Å². The number of rotatable bonds is 1. The van der Waals surface area contributed by atoms with Gasteiger partial charge in [0.2, 0.25) is 5.95 Å². The summed E-state index contributed by atoms with van der Waals surface area (Å²) in [7, 11) is 0. The standard InChI is InChI=1S/C14H16F2N4O/c15-14(16)4-3-9-8(7-14)10-11(21-9)12(19-13(17)18-10)20-5-1-2-6-20/h1-7H2,(H2,17,18,19). The quantitative estimate of drug-likeness (QED) is 0.875. The van der Waals surface area contributed by atoms with Crippen molar-refractivity contribution in [2.24, 2.45) is 0 Å². The molecule has 0 radical (unpaired) electrons. The van der Waals surface area contributed by atoms with Crippen LogP contribution in [0.5, 0.6) is 0 Å². The fraction of sp³-hybridized carbons (Fsp3) is 0.571. The van der Waals surface area contributed by atoms with Gasteiger partial charge in [0.1, 0.15) is 11.3 Å². The van der Waals surface area contributed by atoms with Gasteiger partial charge in [-0.15, -0.1) is 0 Å². The van der Waals surface area contributed by atoms with E-state index in [1.54, 1.807) is 0 Å². The van der Waals surface area contributed by atoms with E-state index in [4.69, 9.17) is 10.2 Å². The highest BCUT2D eigenvalue weighted by atomic mass is 19.3. The van der Waals surface area contributed by atoms with Gasteiger partial charge in [-0.1, -0.05) is 0 Å². The molecule has 0 atom stereocenters. The van der Waals surface area contributed by atoms with Gasteiger partial charge in [0.15, 0.2) is 11.4 Å². The Balaban J connectivity index is 1.91. The molecule has 0 saturated carbocycles. The average Bonchev–Trinajstić information content (AvgIpc) is 3.05. The van der Waals surface area contributed by atoms with Crippen molar-refractivity contribution in [3.8, 4) is 0 Å². The van der Waals surface area contributed by atoms with Crippen LogP contribution in [-0.4, -0.2) is 29.0 Å². The molecular formula is C14H16F2N4O. The summed E-state index contributed by atoms with van der Waals surface area (Å²) in [6, 6.07) is 0. The first-order valence-corrected chi connectivity index (χ1v) is 7.24. The number of halogens is 2. The molecule has 2 aliphatic rings. The van der Waals surface area contributed by atoms with E-state index < -0.39 is 5.92 Å². The molecule has 5 nitrogen and oxygen atoms in total. The van der Waals surface area contributed by atoms with E-state index in [2.05, 4.69) is 14.9 Å². The predicted molar refractivity (Wildman–Crippen MR) is 74.6 cm³/mol. The summed E-state index contributed by atoms with van der Waals surface area (Å²) in [4.78, 5) is 10.5. The molecule has 3 heterocycles. The second kappa shape index (κ2) is 4.29. The molecule has 1 aliphatic heterocycles. The second-order valence-corrected chi connectivity index (χ2v) is 5.81. The van der Waals surface area contributed by atoms with Gasteiger partial charge in [0, 0.05) is 37.9 Å². The van der Waals surface area contributed by atoms with E-state index in [1.165, 1.54) is 0 Å². The SMILES string of the molecule is Nc1nc(N2CCCC2)c2oc3c(c2n1)CC(F)(F)CC3. The summed E-state index contributed by atoms with van der Waals surface area (Å²) in [6.07, 6.45) is 1.90. The highest BCUT2D eigenvalue weighted by Gasteiger charge is 2.38. The second-order valence-electron chi connectivity index (χ2n) is 5.81. The van der Waals surface area contributed by atoms with Gasteiger partial charge in [0.05, 0.1) is 0 Å². The van der Waals surface area contributed by atoms with E-state index in [9.17, 15) is 8.78 Å². The summed E-state index contributed by atoms with van der Waals surface area (Å²) in [6.45, 7) is 1.76. The summed E-state index contributed by atoms with van der Waals surface area (Å²) in [5, 5.41) is 0. The first kappa shape index (κ1) is 12.8. The van der Waals surface area contributed by atoms with Crippen LogP contribution in [0.3, 0.4) is 0 Å². The maximum absolute atomic E-state index is 13.7. The molecule has 112 valence electrons. The van der Waals surface area contributed by atoms with E-state index >= 15 is 0 Å². The Hall–Kier alpha value is -1.92. The number of aryl methyl sites for hydroxylation is 1. The summed E-state index contributed by atoms with van der Waals surface area (Å²) >= 11 is 0. The van der Waals surface area contributed by atoms with Crippen molar-refractivity contribution in [3.63, 3.8) is 0 Å². The number of furan rings is 1. The van der Waals surface area contributed by atoms with Gasteiger partial charge in [-0.05, 0) is 12.8 Å². The van der Waals surface area contributed by atoms with Crippen LogP contribution in [0, 0.1) is 0 Å². The van der Waals surface area contributed by atoms with E-state index in [-0.39, 0.29) is 25.2 Å². The molecular weight excluding hydrogens is 278 g/mol. The zero-order chi connectivity index (χ0) is 14.6. The fourth-order valence-electron chi connectivity index (χ4n) is 3.24. The molecule has 0 amide bonds. The molecule has 0 spiro atoms. The highest BCUT2D eigenvalue weighted by molar-refractivity contribution is 5.89. The summed E-state index contributed by atoms with van der Waals surface area (Å²) in [5.41, 5.74) is 7.24. The molecule has 2 N–H and O–H groups in total. The van der Waals surface area contributed by atoms with Crippen LogP contribution in [0.25, 0.3) is 11.1 Å². The number of nitrogen functional groups attached to an aromatic ring is 1. The van der Waals surface area contributed by atoms with Crippen LogP contribution >= 0.6 is 0 Å². The van der Waals surface area contributed by atoms with Crippen molar-refractivity contribution in [1.82, 2.24) is 9.97 Å². The minimum absolute atomic E-state index is 0.113. The van der Waals surface area contributed by atoms with Crippen LogP contribution in [0.2, 0.25) is 0 Å². The Morgan fingerprint density at radius 3 is 2.71 bits per heavy atom. The normalized spacial score (nSPS) is 21.0. The lowest BCUT2D eigenvalue weighted by Crippen LogP contribution is -2.25. The largest absolute Gasteiger partial charge is 0.455 e. The molecule has 2 aromatic heterocycles. The Morgan fingerprint density at radius 1 is 1.19 bits per heavy atom. The Kier molecular flexibility index (Phi) is 2.61. The van der Waals surface area contributed by atoms with E-state index in [0.29, 0.717) is 28.2 Å². The topological polar surface area (TPSA) is 68.2 Å². The van der Waals surface area contributed by atoms with Crippen molar-refractivity contribution >= 4 is 22.9 Å². The Labute approximate surface area is 120 Å². The first-order chi connectivity index (χ1) is 10.0. The third-order valence-electron chi connectivity index (χ3n) is 4.27. The molecule has 1 saturated heterocycles. The first-order valence-electron chi connectivity index (χ1n) is 7.24. The number of alkyl halides is 2. The average molecular weight is 294 g/mol. The van der Waals surface area contributed by atoms with Crippen LogP contribution in [0.4, 0.5) is 20.5 Å². The maximum Gasteiger partial charge on any atom is 0.252 e. The van der Waals surface area contributed by atoms with Crippen LogP contribution in [0.15, 0.2) is 4.42 Å². The highest BCUT2D eigenvalue weighted by Crippen LogP contribution is 2.40. The van der Waals surface area contributed by atoms with Gasteiger partial charge in [0.25, 0.3) is 5.92 Å². The lowest BCUT2D eigenvalue weighted by molar-refractivity contribution is -0.0140. The maximum atomic E-state index is 13.7. The van der Waals surface area contributed by atoms with Gasteiger partial charge < -0.3 is 15.1 Å². The minimum atomic E-state index is -2.70. The lowest BCUT2D eigenvalue weighted by atomic mass is 9.94. The number of hydrogen-bond acceptors (Lipinski definition) is 5. The van der Waals surface area contributed by atoms with Crippen molar-refractivity contribution < 1.29 is 13.2 Å². The van der Waals surface area contributed by atoms with Crippen LogP contribution in [0.1, 0.15) is 30.6 Å². The number of nitrogens with zero attached hydrogens (tertiary/aromatic N) is 3. The third kappa shape index (κ3) is 2.02.